The molecule has 1 amide bonds. The van der Waals surface area contributed by atoms with Crippen molar-refractivity contribution in [2.24, 2.45) is 0 Å². The number of anilines is 1. The normalized spacial score (nSPS) is 17.4. The minimum Gasteiger partial charge on any atom is -0.476 e. The highest BCUT2D eigenvalue weighted by molar-refractivity contribution is 7.92. The lowest BCUT2D eigenvalue weighted by Gasteiger charge is -2.34. The third kappa shape index (κ3) is 4.30. The van der Waals surface area contributed by atoms with Gasteiger partial charge in [0.15, 0.2) is 6.10 Å². The molecule has 6 nitrogen and oxygen atoms in total. The molecule has 0 saturated carbocycles. The molecule has 0 radical (unpaired) electrons. The lowest BCUT2D eigenvalue weighted by Crippen LogP contribution is -2.50. The van der Waals surface area contributed by atoms with Crippen LogP contribution in [0.25, 0.3) is 0 Å². The smallest absolute Gasteiger partial charge is 0.263 e. The third-order valence-corrected chi connectivity index (χ3v) is 6.07. The van der Waals surface area contributed by atoms with Gasteiger partial charge in [-0.15, -0.1) is 0 Å². The monoisotopic (exact) mass is 402 g/mol. The van der Waals surface area contributed by atoms with E-state index in [1.165, 1.54) is 9.87 Å². The predicted octanol–water partition coefficient (Wildman–Crippen LogP) is 2.96. The van der Waals surface area contributed by atoms with Gasteiger partial charge in [-0.2, -0.15) is 0 Å². The van der Waals surface area contributed by atoms with E-state index >= 15 is 0 Å². The number of hydrogen-bond acceptors (Lipinski definition) is 4. The number of carbonyl (C=O) groups excluding carboxylic acids is 1. The summed E-state index contributed by atoms with van der Waals surface area (Å²) in [7, 11) is -3.54. The second-order valence-corrected chi connectivity index (χ2v) is 9.10. The zero-order chi connectivity index (χ0) is 20.5. The maximum Gasteiger partial charge on any atom is 0.263 e. The van der Waals surface area contributed by atoms with Crippen molar-refractivity contribution < 1.29 is 17.9 Å². The van der Waals surface area contributed by atoms with E-state index in [9.17, 15) is 13.2 Å². The highest BCUT2D eigenvalue weighted by Gasteiger charge is 2.35. The molecule has 0 aromatic heterocycles. The van der Waals surface area contributed by atoms with Crippen LogP contribution in [0.5, 0.6) is 5.75 Å². The molecule has 1 aliphatic heterocycles. The minimum absolute atomic E-state index is 0.0530. The number of nitrogens with one attached hydrogen (secondary N) is 1. The van der Waals surface area contributed by atoms with Crippen LogP contribution in [0, 0.1) is 6.92 Å². The Labute approximate surface area is 166 Å². The van der Waals surface area contributed by atoms with Crippen molar-refractivity contribution in [2.75, 3.05) is 17.1 Å². The second kappa shape index (κ2) is 7.83. The Balaban J connectivity index is 1.79. The fraction of sp³-hybridized carbons (Fsp3) is 0.381. The number of carbonyl (C=O) groups is 1. The molecule has 2 unspecified atom stereocenters. The Bertz CT molecular complexity index is 970. The molecule has 0 bridgehead atoms. The number of sulfonamides is 1. The van der Waals surface area contributed by atoms with E-state index in [1.54, 1.807) is 12.1 Å². The molecule has 0 fully saturated rings. The summed E-state index contributed by atoms with van der Waals surface area (Å²) in [6.45, 7) is 5.81. The summed E-state index contributed by atoms with van der Waals surface area (Å²) in [6.07, 6.45) is 1.18. The quantitative estimate of drug-likeness (QED) is 0.834. The standard InChI is InChI=1S/C21H26N2O4S/c1-5-16-7-9-17(10-8-16)15(3)22-21(24)20-13-23(28(4,25)26)18-12-14(2)6-11-19(18)27-20/h6-12,15,20H,5,13H2,1-4H3,(H,22,24). The van der Waals surface area contributed by atoms with Crippen molar-refractivity contribution >= 4 is 21.6 Å². The molecule has 0 saturated heterocycles. The van der Waals surface area contributed by atoms with E-state index < -0.39 is 16.1 Å². The molecule has 2 aromatic carbocycles. The Morgan fingerprint density at radius 3 is 2.54 bits per heavy atom. The molecular formula is C21H26N2O4S. The molecule has 1 heterocycles. The van der Waals surface area contributed by atoms with E-state index in [1.807, 2.05) is 44.2 Å². The van der Waals surface area contributed by atoms with Crippen LogP contribution in [0.15, 0.2) is 42.5 Å². The van der Waals surface area contributed by atoms with Gasteiger partial charge in [0.2, 0.25) is 10.0 Å². The van der Waals surface area contributed by atoms with Crippen molar-refractivity contribution in [3.05, 3.63) is 59.2 Å². The molecular weight excluding hydrogens is 376 g/mol. The summed E-state index contributed by atoms with van der Waals surface area (Å²) in [5.74, 6) is 0.0503. The molecule has 2 aromatic rings. The predicted molar refractivity (Wildman–Crippen MR) is 110 cm³/mol. The van der Waals surface area contributed by atoms with Crippen LogP contribution in [0.4, 0.5) is 5.69 Å². The van der Waals surface area contributed by atoms with Crippen LogP contribution in [0.2, 0.25) is 0 Å². The number of hydrogen-bond donors (Lipinski definition) is 1. The first kappa shape index (κ1) is 20.2. The summed E-state index contributed by atoms with van der Waals surface area (Å²) in [5, 5.41) is 2.93. The van der Waals surface area contributed by atoms with Crippen molar-refractivity contribution in [1.29, 1.82) is 0 Å². The molecule has 3 rings (SSSR count). The molecule has 1 aliphatic rings. The zero-order valence-electron chi connectivity index (χ0n) is 16.6. The number of rotatable bonds is 5. The van der Waals surface area contributed by atoms with Crippen LogP contribution in [-0.4, -0.2) is 33.2 Å². The van der Waals surface area contributed by atoms with Crippen molar-refractivity contribution in [2.45, 2.75) is 39.3 Å². The first-order valence-electron chi connectivity index (χ1n) is 9.33. The van der Waals surface area contributed by atoms with Crippen LogP contribution >= 0.6 is 0 Å². The number of fused-ring (bicyclic) bond motifs is 1. The maximum absolute atomic E-state index is 12.8. The highest BCUT2D eigenvalue weighted by Crippen LogP contribution is 2.35. The van der Waals surface area contributed by atoms with Gasteiger partial charge in [0.1, 0.15) is 5.75 Å². The fourth-order valence-electron chi connectivity index (χ4n) is 3.24. The summed E-state index contributed by atoms with van der Waals surface area (Å²) in [4.78, 5) is 12.8. The summed E-state index contributed by atoms with van der Waals surface area (Å²) >= 11 is 0. The molecule has 1 N–H and O–H groups in total. The first-order valence-corrected chi connectivity index (χ1v) is 11.2. The number of amides is 1. The number of nitrogens with zero attached hydrogens (tertiary/aromatic N) is 1. The molecule has 7 heteroatoms. The molecule has 2 atom stereocenters. The van der Waals surface area contributed by atoms with Gasteiger partial charge in [-0.05, 0) is 49.1 Å². The summed E-state index contributed by atoms with van der Waals surface area (Å²) < 4.78 is 31.6. The molecule has 0 aliphatic carbocycles. The number of ether oxygens (including phenoxy) is 1. The van der Waals surface area contributed by atoms with Gasteiger partial charge in [-0.25, -0.2) is 8.42 Å². The Hall–Kier alpha value is -2.54. The van der Waals surface area contributed by atoms with Crippen LogP contribution in [-0.2, 0) is 21.2 Å². The zero-order valence-corrected chi connectivity index (χ0v) is 17.4. The lowest BCUT2D eigenvalue weighted by molar-refractivity contribution is -0.128. The van der Waals surface area contributed by atoms with Gasteiger partial charge in [-0.1, -0.05) is 37.3 Å². The largest absolute Gasteiger partial charge is 0.476 e. The number of benzene rings is 2. The first-order chi connectivity index (χ1) is 13.2. The maximum atomic E-state index is 12.8. The second-order valence-electron chi connectivity index (χ2n) is 7.20. The topological polar surface area (TPSA) is 75.7 Å². The van der Waals surface area contributed by atoms with Gasteiger partial charge < -0.3 is 10.1 Å². The van der Waals surface area contributed by atoms with E-state index in [4.69, 9.17) is 4.74 Å². The van der Waals surface area contributed by atoms with Crippen LogP contribution in [0.1, 0.15) is 36.6 Å². The average molecular weight is 403 g/mol. The van der Waals surface area contributed by atoms with Crippen LogP contribution in [0.3, 0.4) is 0 Å². The SMILES string of the molecule is CCc1ccc(C(C)NC(=O)C2CN(S(C)(=O)=O)c3cc(C)ccc3O2)cc1. The van der Waals surface area contributed by atoms with Crippen LogP contribution < -0.4 is 14.4 Å². The molecule has 0 spiro atoms. The van der Waals surface area contributed by atoms with Gasteiger partial charge in [0.05, 0.1) is 24.5 Å². The van der Waals surface area contributed by atoms with Crippen molar-refractivity contribution in [1.82, 2.24) is 5.32 Å². The minimum atomic E-state index is -3.54. The summed E-state index contributed by atoms with van der Waals surface area (Å²) in [5.41, 5.74) is 3.60. The Morgan fingerprint density at radius 1 is 1.25 bits per heavy atom. The molecule has 150 valence electrons. The van der Waals surface area contributed by atoms with E-state index in [0.717, 1.165) is 23.8 Å². The van der Waals surface area contributed by atoms with E-state index in [0.29, 0.717) is 11.4 Å². The fourth-order valence-corrected chi connectivity index (χ4v) is 4.15. The van der Waals surface area contributed by atoms with Crippen molar-refractivity contribution in [3.63, 3.8) is 0 Å². The summed E-state index contributed by atoms with van der Waals surface area (Å²) in [6, 6.07) is 13.1. The van der Waals surface area contributed by atoms with Gasteiger partial charge >= 0.3 is 0 Å². The number of aryl methyl sites for hydroxylation is 2. The van der Waals surface area contributed by atoms with Crippen molar-refractivity contribution in [3.8, 4) is 5.75 Å². The third-order valence-electron chi connectivity index (χ3n) is 4.92. The van der Waals surface area contributed by atoms with Gasteiger partial charge in [0.25, 0.3) is 5.91 Å². The van der Waals surface area contributed by atoms with E-state index in [2.05, 4.69) is 12.2 Å². The Kier molecular flexibility index (Phi) is 5.65. The Morgan fingerprint density at radius 2 is 1.93 bits per heavy atom. The average Bonchev–Trinajstić information content (AvgIpc) is 2.66. The van der Waals surface area contributed by atoms with Gasteiger partial charge in [0, 0.05) is 0 Å². The highest BCUT2D eigenvalue weighted by atomic mass is 32.2. The molecule has 28 heavy (non-hydrogen) atoms. The van der Waals surface area contributed by atoms with Gasteiger partial charge in [-0.3, -0.25) is 9.10 Å². The van der Waals surface area contributed by atoms with E-state index in [-0.39, 0.29) is 18.5 Å². The lowest BCUT2D eigenvalue weighted by atomic mass is 10.0.